The average molecular weight is 363 g/mol. The van der Waals surface area contributed by atoms with E-state index in [-0.39, 0.29) is 5.82 Å². The molecule has 2 aromatic carbocycles. The molecule has 0 saturated heterocycles. The van der Waals surface area contributed by atoms with Gasteiger partial charge in [-0.1, -0.05) is 35.9 Å². The molecule has 0 aliphatic carbocycles. The lowest BCUT2D eigenvalue weighted by Crippen LogP contribution is -2.31. The Morgan fingerprint density at radius 3 is 2.59 bits per heavy atom. The third kappa shape index (κ3) is 2.97. The van der Waals surface area contributed by atoms with Crippen LogP contribution in [0.5, 0.6) is 0 Å². The van der Waals surface area contributed by atoms with Crippen molar-refractivity contribution in [2.45, 2.75) is 19.9 Å². The van der Waals surface area contributed by atoms with Crippen molar-refractivity contribution in [3.8, 4) is 11.4 Å². The Balaban J connectivity index is 1.88. The summed E-state index contributed by atoms with van der Waals surface area (Å²) in [6, 6.07) is 13.2. The highest BCUT2D eigenvalue weighted by atomic mass is 19.1. The molecule has 1 unspecified atom stereocenters. The van der Waals surface area contributed by atoms with Crippen molar-refractivity contribution in [3.63, 3.8) is 0 Å². The lowest BCUT2D eigenvalue weighted by molar-refractivity contribution is -0.115. The summed E-state index contributed by atoms with van der Waals surface area (Å²) in [7, 11) is 0. The highest BCUT2D eigenvalue weighted by Gasteiger charge is 2.33. The van der Waals surface area contributed by atoms with Crippen molar-refractivity contribution in [2.24, 2.45) is 5.73 Å². The molecule has 7 heteroatoms. The molecule has 0 bridgehead atoms. The van der Waals surface area contributed by atoms with E-state index in [1.54, 1.807) is 23.7 Å². The van der Waals surface area contributed by atoms with Crippen molar-refractivity contribution in [2.75, 3.05) is 5.32 Å². The highest BCUT2D eigenvalue weighted by molar-refractivity contribution is 5.95. The maximum atomic E-state index is 13.4. The van der Waals surface area contributed by atoms with Crippen molar-refractivity contribution in [3.05, 3.63) is 76.7 Å². The topological polar surface area (TPSA) is 85.8 Å². The molecule has 1 atom stereocenters. The zero-order valence-corrected chi connectivity index (χ0v) is 14.9. The summed E-state index contributed by atoms with van der Waals surface area (Å²) in [4.78, 5) is 16.7. The van der Waals surface area contributed by atoms with Crippen molar-refractivity contribution >= 4 is 11.9 Å². The smallest absolute Gasteiger partial charge is 0.248 e. The summed E-state index contributed by atoms with van der Waals surface area (Å²) in [5.41, 5.74) is 9.28. The number of nitrogens with zero attached hydrogens (tertiary/aromatic N) is 3. The van der Waals surface area contributed by atoms with Crippen LogP contribution in [0.2, 0.25) is 0 Å². The van der Waals surface area contributed by atoms with Crippen LogP contribution in [0.3, 0.4) is 0 Å². The predicted octanol–water partition coefficient (Wildman–Crippen LogP) is 3.17. The molecule has 27 heavy (non-hydrogen) atoms. The van der Waals surface area contributed by atoms with E-state index < -0.39 is 11.9 Å². The van der Waals surface area contributed by atoms with Gasteiger partial charge >= 0.3 is 0 Å². The van der Waals surface area contributed by atoms with E-state index in [1.807, 2.05) is 31.2 Å². The van der Waals surface area contributed by atoms with Gasteiger partial charge in [0.1, 0.15) is 11.9 Å². The highest BCUT2D eigenvalue weighted by Crippen LogP contribution is 2.36. The van der Waals surface area contributed by atoms with Crippen LogP contribution >= 0.6 is 0 Å². The Hall–Kier alpha value is -3.48. The second kappa shape index (κ2) is 6.35. The normalized spacial score (nSPS) is 16.0. The Labute approximate surface area is 155 Å². The number of hydrogen-bond acceptors (Lipinski definition) is 4. The van der Waals surface area contributed by atoms with Gasteiger partial charge in [-0.05, 0) is 37.6 Å². The summed E-state index contributed by atoms with van der Waals surface area (Å²) in [6.45, 7) is 3.76. The van der Waals surface area contributed by atoms with Gasteiger partial charge in [0.25, 0.3) is 0 Å². The van der Waals surface area contributed by atoms with E-state index in [1.165, 1.54) is 12.1 Å². The number of anilines is 1. The van der Waals surface area contributed by atoms with Gasteiger partial charge in [-0.15, -0.1) is 5.10 Å². The molecule has 0 radical (unpaired) electrons. The Bertz CT molecular complexity index is 1070. The van der Waals surface area contributed by atoms with Crippen LogP contribution in [0.4, 0.5) is 10.3 Å². The summed E-state index contributed by atoms with van der Waals surface area (Å²) in [5.74, 6) is 0.121. The fourth-order valence-electron chi connectivity index (χ4n) is 3.33. The molecule has 1 amide bonds. The molecular formula is C20H18FN5O. The largest absolute Gasteiger partial charge is 0.366 e. The number of benzene rings is 2. The van der Waals surface area contributed by atoms with E-state index in [4.69, 9.17) is 5.73 Å². The molecule has 2 heterocycles. The first kappa shape index (κ1) is 17.0. The summed E-state index contributed by atoms with van der Waals surface area (Å²) >= 11 is 0. The number of halogens is 1. The second-order valence-corrected chi connectivity index (χ2v) is 6.56. The third-order valence-corrected chi connectivity index (χ3v) is 4.58. The lowest BCUT2D eigenvalue weighted by Gasteiger charge is -2.27. The fraction of sp³-hybridized carbons (Fsp3) is 0.150. The third-order valence-electron chi connectivity index (χ3n) is 4.58. The number of nitrogens with one attached hydrogen (secondary N) is 1. The molecule has 6 nitrogen and oxygen atoms in total. The van der Waals surface area contributed by atoms with Gasteiger partial charge < -0.3 is 11.1 Å². The number of primary amides is 1. The van der Waals surface area contributed by atoms with Crippen LogP contribution in [-0.2, 0) is 4.79 Å². The van der Waals surface area contributed by atoms with E-state index in [2.05, 4.69) is 15.4 Å². The minimum atomic E-state index is -0.578. The van der Waals surface area contributed by atoms with Gasteiger partial charge in [0.2, 0.25) is 11.9 Å². The number of rotatable bonds is 3. The van der Waals surface area contributed by atoms with Gasteiger partial charge in [-0.25, -0.2) is 9.07 Å². The van der Waals surface area contributed by atoms with Crippen LogP contribution in [0.25, 0.3) is 11.4 Å². The maximum Gasteiger partial charge on any atom is 0.248 e. The minimum absolute atomic E-state index is 0.353. The van der Waals surface area contributed by atoms with E-state index in [0.717, 1.165) is 11.1 Å². The predicted molar refractivity (Wildman–Crippen MR) is 100 cm³/mol. The maximum absolute atomic E-state index is 13.4. The first-order chi connectivity index (χ1) is 12.9. The monoisotopic (exact) mass is 363 g/mol. The van der Waals surface area contributed by atoms with Crippen molar-refractivity contribution in [1.29, 1.82) is 0 Å². The van der Waals surface area contributed by atoms with E-state index in [9.17, 15) is 9.18 Å². The van der Waals surface area contributed by atoms with Crippen LogP contribution in [-0.4, -0.2) is 20.7 Å². The summed E-state index contributed by atoms with van der Waals surface area (Å²) in [5, 5.41) is 7.72. The molecule has 3 aromatic rings. The standard InChI is InChI=1S/C20H18FN5O/c1-11-4-3-5-14(10-11)19-24-20-23-12(2)16(18(22)27)17(26(20)25-19)13-6-8-15(21)9-7-13/h3-10,17H,1-2H3,(H2,22,27)(H,23,24,25). The lowest BCUT2D eigenvalue weighted by atomic mass is 9.95. The molecule has 1 aliphatic rings. The zero-order valence-electron chi connectivity index (χ0n) is 14.9. The Kier molecular flexibility index (Phi) is 3.99. The fourth-order valence-corrected chi connectivity index (χ4v) is 3.33. The first-order valence-corrected chi connectivity index (χ1v) is 8.50. The zero-order chi connectivity index (χ0) is 19.1. The molecule has 136 valence electrons. The van der Waals surface area contributed by atoms with E-state index in [0.29, 0.717) is 28.6 Å². The van der Waals surface area contributed by atoms with Gasteiger partial charge in [-0.3, -0.25) is 4.79 Å². The molecular weight excluding hydrogens is 345 g/mol. The number of fused-ring (bicyclic) bond motifs is 1. The van der Waals surface area contributed by atoms with Crippen molar-refractivity contribution < 1.29 is 9.18 Å². The van der Waals surface area contributed by atoms with E-state index >= 15 is 0 Å². The number of carbonyl (C=O) groups is 1. The van der Waals surface area contributed by atoms with Gasteiger partial charge in [0.15, 0.2) is 5.82 Å². The van der Waals surface area contributed by atoms with Gasteiger partial charge in [0, 0.05) is 11.3 Å². The number of amides is 1. The van der Waals surface area contributed by atoms with Crippen LogP contribution in [0.1, 0.15) is 24.1 Å². The SMILES string of the molecule is CC1=C(C(N)=O)C(c2ccc(F)cc2)n2nc(-c3cccc(C)c3)nc2N1. The second-order valence-electron chi connectivity index (χ2n) is 6.56. The van der Waals surface area contributed by atoms with Crippen LogP contribution in [0.15, 0.2) is 59.8 Å². The average Bonchev–Trinajstić information content (AvgIpc) is 3.04. The number of carbonyl (C=O) groups excluding carboxylic acids is 1. The number of nitrogens with two attached hydrogens (primary N) is 1. The van der Waals surface area contributed by atoms with Crippen LogP contribution in [0, 0.1) is 12.7 Å². The van der Waals surface area contributed by atoms with Gasteiger partial charge in [-0.2, -0.15) is 4.98 Å². The molecule has 1 aromatic heterocycles. The number of aryl methyl sites for hydroxylation is 1. The summed E-state index contributed by atoms with van der Waals surface area (Å²) in [6.07, 6.45) is 0. The van der Waals surface area contributed by atoms with Crippen molar-refractivity contribution in [1.82, 2.24) is 14.8 Å². The molecule has 0 saturated carbocycles. The minimum Gasteiger partial charge on any atom is -0.366 e. The number of hydrogen-bond donors (Lipinski definition) is 2. The number of allylic oxidation sites excluding steroid dienone is 1. The van der Waals surface area contributed by atoms with Gasteiger partial charge in [0.05, 0.1) is 5.57 Å². The molecule has 1 aliphatic heterocycles. The van der Waals surface area contributed by atoms with Crippen LogP contribution < -0.4 is 11.1 Å². The Morgan fingerprint density at radius 1 is 1.19 bits per heavy atom. The summed E-state index contributed by atoms with van der Waals surface area (Å²) < 4.78 is 15.0. The number of aromatic nitrogens is 3. The molecule has 0 spiro atoms. The molecule has 3 N–H and O–H groups in total. The Morgan fingerprint density at radius 2 is 1.93 bits per heavy atom. The first-order valence-electron chi connectivity index (χ1n) is 8.50. The molecule has 0 fully saturated rings. The molecule has 4 rings (SSSR count). The quantitative estimate of drug-likeness (QED) is 0.748.